The van der Waals surface area contributed by atoms with Gasteiger partial charge in [-0.3, -0.25) is 19.7 Å². The molecule has 1 aliphatic heterocycles. The summed E-state index contributed by atoms with van der Waals surface area (Å²) in [6.45, 7) is 10.2. The minimum atomic E-state index is -0.863. The first-order valence-corrected chi connectivity index (χ1v) is 11.7. The number of benzene rings is 2. The monoisotopic (exact) mass is 481 g/mol. The van der Waals surface area contributed by atoms with Gasteiger partial charge in [0, 0.05) is 30.8 Å². The molecule has 9 nitrogen and oxygen atoms in total. The topological polar surface area (TPSA) is 113 Å². The van der Waals surface area contributed by atoms with Crippen LogP contribution in [0.25, 0.3) is 5.76 Å². The fraction of sp³-hybridized carbons (Fsp3) is 0.385. The zero-order valence-electron chi connectivity index (χ0n) is 20.4. The standard InChI is InChI=1S/C26H31N3O6/c1-5-27(6-2)15-16-28-23(18-7-11-20(12-8-18)29(33)34)22(25(31)26(28)32)24(30)19-9-13-21(14-10-19)35-17(3)4/h7-14,17,23,30H,5-6,15-16H2,1-4H3/b24-22+/t23-/m1/s1. The Balaban J connectivity index is 2.06. The lowest BCUT2D eigenvalue weighted by Crippen LogP contribution is -2.38. The van der Waals surface area contributed by atoms with E-state index < -0.39 is 22.7 Å². The Kier molecular flexibility index (Phi) is 8.24. The summed E-state index contributed by atoms with van der Waals surface area (Å²) in [6, 6.07) is 11.5. The van der Waals surface area contributed by atoms with Crippen molar-refractivity contribution >= 4 is 23.1 Å². The van der Waals surface area contributed by atoms with Gasteiger partial charge in [0.1, 0.15) is 11.5 Å². The van der Waals surface area contributed by atoms with Crippen LogP contribution in [0.2, 0.25) is 0 Å². The van der Waals surface area contributed by atoms with Gasteiger partial charge in [-0.15, -0.1) is 0 Å². The maximum atomic E-state index is 13.1. The first-order chi connectivity index (χ1) is 16.7. The van der Waals surface area contributed by atoms with Crippen LogP contribution >= 0.6 is 0 Å². The molecule has 1 atom stereocenters. The molecular weight excluding hydrogens is 450 g/mol. The van der Waals surface area contributed by atoms with E-state index in [4.69, 9.17) is 4.74 Å². The third kappa shape index (κ3) is 5.68. The average Bonchev–Trinajstić information content (AvgIpc) is 3.09. The molecule has 1 heterocycles. The van der Waals surface area contributed by atoms with E-state index in [1.165, 1.54) is 29.2 Å². The van der Waals surface area contributed by atoms with E-state index in [9.17, 15) is 24.8 Å². The molecule has 0 aromatic heterocycles. The summed E-state index contributed by atoms with van der Waals surface area (Å²) in [5.41, 5.74) is 0.737. The molecule has 0 bridgehead atoms. The number of ketones is 1. The average molecular weight is 482 g/mol. The number of nitro groups is 1. The van der Waals surface area contributed by atoms with E-state index in [-0.39, 0.29) is 29.7 Å². The summed E-state index contributed by atoms with van der Waals surface area (Å²) in [5.74, 6) is -1.17. The lowest BCUT2D eigenvalue weighted by molar-refractivity contribution is -0.384. The van der Waals surface area contributed by atoms with Crippen LogP contribution in [0.15, 0.2) is 54.1 Å². The van der Waals surface area contributed by atoms with Gasteiger partial charge in [-0.1, -0.05) is 13.8 Å². The molecule has 1 amide bonds. The second-order valence-electron chi connectivity index (χ2n) is 8.56. The molecule has 1 N–H and O–H groups in total. The number of aliphatic hydroxyl groups excluding tert-OH is 1. The Morgan fingerprint density at radius 1 is 1.09 bits per heavy atom. The molecule has 0 saturated carbocycles. The predicted octanol–water partition coefficient (Wildman–Crippen LogP) is 4.15. The quantitative estimate of drug-likeness (QED) is 0.178. The number of Topliss-reactive ketones (excluding diaryl/α,β-unsaturated/α-hetero) is 1. The third-order valence-electron chi connectivity index (χ3n) is 6.01. The molecule has 0 spiro atoms. The number of likely N-dealkylation sites (N-methyl/N-ethyl adjacent to an activating group) is 1. The summed E-state index contributed by atoms with van der Waals surface area (Å²) in [7, 11) is 0. The largest absolute Gasteiger partial charge is 0.507 e. The first-order valence-electron chi connectivity index (χ1n) is 11.7. The van der Waals surface area contributed by atoms with Crippen molar-refractivity contribution in [3.63, 3.8) is 0 Å². The van der Waals surface area contributed by atoms with Crippen molar-refractivity contribution in [1.29, 1.82) is 0 Å². The number of rotatable bonds is 10. The van der Waals surface area contributed by atoms with Gasteiger partial charge in [0.15, 0.2) is 0 Å². The normalized spacial score (nSPS) is 17.4. The van der Waals surface area contributed by atoms with Gasteiger partial charge in [-0.25, -0.2) is 0 Å². The van der Waals surface area contributed by atoms with Crippen LogP contribution in [0.3, 0.4) is 0 Å². The van der Waals surface area contributed by atoms with Crippen molar-refractivity contribution < 1.29 is 24.4 Å². The smallest absolute Gasteiger partial charge is 0.295 e. The van der Waals surface area contributed by atoms with Gasteiger partial charge in [0.2, 0.25) is 0 Å². The maximum Gasteiger partial charge on any atom is 0.295 e. The number of ether oxygens (including phenoxy) is 1. The Hall–Kier alpha value is -3.72. The van der Waals surface area contributed by atoms with Crippen molar-refractivity contribution in [2.24, 2.45) is 0 Å². The van der Waals surface area contributed by atoms with Crippen LogP contribution < -0.4 is 4.74 Å². The number of carbonyl (C=O) groups is 2. The van der Waals surface area contributed by atoms with Crippen LogP contribution in [0, 0.1) is 10.1 Å². The van der Waals surface area contributed by atoms with E-state index in [0.717, 1.165) is 13.1 Å². The van der Waals surface area contributed by atoms with Crippen LogP contribution in [-0.4, -0.2) is 63.8 Å². The van der Waals surface area contributed by atoms with E-state index in [0.29, 0.717) is 23.4 Å². The second-order valence-corrected chi connectivity index (χ2v) is 8.56. The molecule has 1 fully saturated rings. The number of aliphatic hydroxyl groups is 1. The summed E-state index contributed by atoms with van der Waals surface area (Å²) in [5, 5.41) is 22.3. The van der Waals surface area contributed by atoms with Crippen LogP contribution in [-0.2, 0) is 9.59 Å². The fourth-order valence-corrected chi connectivity index (χ4v) is 4.14. The summed E-state index contributed by atoms with van der Waals surface area (Å²) in [6.07, 6.45) is -0.0206. The minimum Gasteiger partial charge on any atom is -0.507 e. The number of carbonyl (C=O) groups excluding carboxylic acids is 2. The molecule has 9 heteroatoms. The van der Waals surface area contributed by atoms with E-state index in [1.54, 1.807) is 24.3 Å². The zero-order chi connectivity index (χ0) is 25.7. The molecular formula is C26H31N3O6. The highest BCUT2D eigenvalue weighted by molar-refractivity contribution is 6.46. The van der Waals surface area contributed by atoms with Gasteiger partial charge < -0.3 is 19.6 Å². The summed E-state index contributed by atoms with van der Waals surface area (Å²) >= 11 is 0. The highest BCUT2D eigenvalue weighted by Crippen LogP contribution is 2.39. The summed E-state index contributed by atoms with van der Waals surface area (Å²) in [4.78, 5) is 40.4. The van der Waals surface area contributed by atoms with Crippen LogP contribution in [0.5, 0.6) is 5.75 Å². The molecule has 35 heavy (non-hydrogen) atoms. The number of nitro benzene ring substituents is 1. The van der Waals surface area contributed by atoms with E-state index >= 15 is 0 Å². The Bertz CT molecular complexity index is 1100. The molecule has 1 aliphatic rings. The number of hydrogen-bond donors (Lipinski definition) is 1. The molecule has 0 aliphatic carbocycles. The lowest BCUT2D eigenvalue weighted by Gasteiger charge is -2.28. The van der Waals surface area contributed by atoms with E-state index in [1.807, 2.05) is 27.7 Å². The highest BCUT2D eigenvalue weighted by atomic mass is 16.6. The lowest BCUT2D eigenvalue weighted by atomic mass is 9.95. The predicted molar refractivity (Wildman–Crippen MR) is 132 cm³/mol. The Morgan fingerprint density at radius 2 is 1.69 bits per heavy atom. The molecule has 0 unspecified atom stereocenters. The van der Waals surface area contributed by atoms with Crippen LogP contribution in [0.4, 0.5) is 5.69 Å². The number of non-ortho nitro benzene ring substituents is 1. The molecule has 2 aromatic carbocycles. The fourth-order valence-electron chi connectivity index (χ4n) is 4.14. The first kappa shape index (κ1) is 25.9. The van der Waals surface area contributed by atoms with Crippen molar-refractivity contribution in [3.05, 3.63) is 75.3 Å². The zero-order valence-corrected chi connectivity index (χ0v) is 20.4. The van der Waals surface area contributed by atoms with Gasteiger partial charge in [-0.2, -0.15) is 0 Å². The van der Waals surface area contributed by atoms with Gasteiger partial charge in [0.25, 0.3) is 17.4 Å². The van der Waals surface area contributed by atoms with Gasteiger partial charge in [-0.05, 0) is 68.9 Å². The molecule has 1 saturated heterocycles. The molecule has 186 valence electrons. The van der Waals surface area contributed by atoms with Crippen molar-refractivity contribution in [2.45, 2.75) is 39.8 Å². The number of nitrogens with zero attached hydrogens (tertiary/aromatic N) is 3. The number of hydrogen-bond acceptors (Lipinski definition) is 7. The third-order valence-corrected chi connectivity index (χ3v) is 6.01. The maximum absolute atomic E-state index is 13.1. The highest BCUT2D eigenvalue weighted by Gasteiger charge is 2.46. The van der Waals surface area contributed by atoms with Crippen molar-refractivity contribution in [2.75, 3.05) is 26.2 Å². The SMILES string of the molecule is CCN(CC)CCN1C(=O)C(=O)/C(=C(/O)c2ccc(OC(C)C)cc2)[C@H]1c1ccc([N+](=O)[O-])cc1. The Morgan fingerprint density at radius 3 is 2.20 bits per heavy atom. The van der Waals surface area contributed by atoms with Crippen molar-refractivity contribution in [1.82, 2.24) is 9.80 Å². The molecule has 3 rings (SSSR count). The minimum absolute atomic E-state index is 0.0206. The van der Waals surface area contributed by atoms with Crippen LogP contribution in [0.1, 0.15) is 44.9 Å². The number of likely N-dealkylation sites (tertiary alicyclic amines) is 1. The van der Waals surface area contributed by atoms with Gasteiger partial charge in [0.05, 0.1) is 22.6 Å². The number of amides is 1. The second kappa shape index (κ2) is 11.1. The summed E-state index contributed by atoms with van der Waals surface area (Å²) < 4.78 is 5.64. The van der Waals surface area contributed by atoms with Crippen molar-refractivity contribution in [3.8, 4) is 5.75 Å². The van der Waals surface area contributed by atoms with E-state index in [2.05, 4.69) is 4.90 Å². The Labute approximate surface area is 204 Å². The molecule has 0 radical (unpaired) electrons. The molecule has 2 aromatic rings. The van der Waals surface area contributed by atoms with Gasteiger partial charge >= 0.3 is 0 Å².